The lowest BCUT2D eigenvalue weighted by molar-refractivity contribution is 0.227. The van der Waals surface area contributed by atoms with Crippen LogP contribution >= 0.6 is 0 Å². The molecule has 2 aliphatic rings. The Bertz CT molecular complexity index is 186. The van der Waals surface area contributed by atoms with Crippen LogP contribution in [0.1, 0.15) is 38.5 Å². The lowest BCUT2D eigenvalue weighted by atomic mass is 10.1. The summed E-state index contributed by atoms with van der Waals surface area (Å²) in [5.74, 6) is 0. The average Bonchev–Trinajstić information content (AvgIpc) is 2.28. The maximum absolute atomic E-state index is 4.42. The molecule has 0 saturated carbocycles. The Labute approximate surface area is 80.3 Å². The lowest BCUT2D eigenvalue weighted by Gasteiger charge is -2.28. The standard InChI is InChI=1S/C11H18N2/c1-2-4-7-11-8-6-9-12-13(11)10-5-3-1/h6,8-9,11H,1-5,7,10H2. The molecular formula is C11H18N2. The van der Waals surface area contributed by atoms with Crippen LogP contribution in [0.3, 0.4) is 0 Å². The monoisotopic (exact) mass is 178 g/mol. The van der Waals surface area contributed by atoms with Gasteiger partial charge >= 0.3 is 0 Å². The molecule has 0 radical (unpaired) electrons. The van der Waals surface area contributed by atoms with Gasteiger partial charge in [-0.2, -0.15) is 5.10 Å². The van der Waals surface area contributed by atoms with Gasteiger partial charge in [-0.1, -0.05) is 31.8 Å². The zero-order chi connectivity index (χ0) is 8.93. The molecule has 0 spiro atoms. The van der Waals surface area contributed by atoms with Crippen LogP contribution in [0.4, 0.5) is 0 Å². The number of hydrogen-bond donors (Lipinski definition) is 0. The molecule has 0 aromatic heterocycles. The molecule has 0 aromatic rings. The number of hydrazone groups is 1. The molecule has 1 saturated heterocycles. The summed E-state index contributed by atoms with van der Waals surface area (Å²) in [7, 11) is 0. The van der Waals surface area contributed by atoms with Crippen molar-refractivity contribution in [1.29, 1.82) is 0 Å². The van der Waals surface area contributed by atoms with Crippen molar-refractivity contribution in [2.75, 3.05) is 6.54 Å². The van der Waals surface area contributed by atoms with E-state index in [9.17, 15) is 0 Å². The fourth-order valence-electron chi connectivity index (χ4n) is 2.11. The van der Waals surface area contributed by atoms with Gasteiger partial charge in [0.25, 0.3) is 0 Å². The summed E-state index contributed by atoms with van der Waals surface area (Å²) in [5, 5.41) is 6.67. The van der Waals surface area contributed by atoms with Crippen molar-refractivity contribution in [3.05, 3.63) is 12.2 Å². The number of nitrogens with zero attached hydrogens (tertiary/aromatic N) is 2. The number of allylic oxidation sites excluding steroid dienone is 1. The van der Waals surface area contributed by atoms with Crippen molar-refractivity contribution >= 4 is 6.21 Å². The third-order valence-corrected chi connectivity index (χ3v) is 2.90. The molecule has 0 bridgehead atoms. The average molecular weight is 178 g/mol. The van der Waals surface area contributed by atoms with Gasteiger partial charge in [-0.05, 0) is 18.9 Å². The topological polar surface area (TPSA) is 15.6 Å². The quantitative estimate of drug-likeness (QED) is 0.556. The zero-order valence-electron chi connectivity index (χ0n) is 8.15. The molecule has 0 aromatic carbocycles. The van der Waals surface area contributed by atoms with Gasteiger partial charge in [-0.3, -0.25) is 5.01 Å². The summed E-state index contributed by atoms with van der Waals surface area (Å²) in [4.78, 5) is 0. The van der Waals surface area contributed by atoms with Gasteiger partial charge in [-0.25, -0.2) is 0 Å². The lowest BCUT2D eigenvalue weighted by Crippen LogP contribution is -2.31. The van der Waals surface area contributed by atoms with Crippen molar-refractivity contribution in [2.45, 2.75) is 44.6 Å². The molecule has 2 nitrogen and oxygen atoms in total. The normalized spacial score (nSPS) is 28.9. The Morgan fingerprint density at radius 1 is 1.08 bits per heavy atom. The molecule has 0 N–H and O–H groups in total. The van der Waals surface area contributed by atoms with Crippen LogP contribution in [0.25, 0.3) is 0 Å². The van der Waals surface area contributed by atoms with E-state index in [1.165, 1.54) is 38.5 Å². The minimum Gasteiger partial charge on any atom is -0.290 e. The van der Waals surface area contributed by atoms with E-state index in [0.29, 0.717) is 6.04 Å². The molecule has 1 fully saturated rings. The van der Waals surface area contributed by atoms with Crippen LogP contribution < -0.4 is 0 Å². The number of hydrogen-bond acceptors (Lipinski definition) is 2. The second kappa shape index (κ2) is 4.45. The second-order valence-corrected chi connectivity index (χ2v) is 3.94. The SMILES string of the molecule is C1=CC2CCCCCCCN2N=C1. The molecule has 0 amide bonds. The minimum absolute atomic E-state index is 0.586. The third-order valence-electron chi connectivity index (χ3n) is 2.90. The molecular weight excluding hydrogens is 160 g/mol. The van der Waals surface area contributed by atoms with Crippen molar-refractivity contribution in [1.82, 2.24) is 5.01 Å². The highest BCUT2D eigenvalue weighted by molar-refractivity contribution is 5.71. The van der Waals surface area contributed by atoms with Gasteiger partial charge in [-0.15, -0.1) is 0 Å². The maximum atomic E-state index is 4.42. The first-order valence-electron chi connectivity index (χ1n) is 5.44. The van der Waals surface area contributed by atoms with E-state index in [4.69, 9.17) is 0 Å². The van der Waals surface area contributed by atoms with E-state index >= 15 is 0 Å². The molecule has 2 rings (SSSR count). The Kier molecular flexibility index (Phi) is 3.01. The molecule has 1 atom stereocenters. The molecule has 1 unspecified atom stereocenters. The third kappa shape index (κ3) is 2.33. The molecule has 0 aliphatic carbocycles. The fourth-order valence-corrected chi connectivity index (χ4v) is 2.11. The van der Waals surface area contributed by atoms with Gasteiger partial charge in [0.15, 0.2) is 0 Å². The van der Waals surface area contributed by atoms with E-state index < -0.39 is 0 Å². The number of fused-ring (bicyclic) bond motifs is 1. The van der Waals surface area contributed by atoms with E-state index in [1.807, 2.05) is 6.21 Å². The number of rotatable bonds is 0. The minimum atomic E-state index is 0.586. The highest BCUT2D eigenvalue weighted by atomic mass is 15.5. The largest absolute Gasteiger partial charge is 0.290 e. The van der Waals surface area contributed by atoms with Crippen LogP contribution in [0, 0.1) is 0 Å². The Morgan fingerprint density at radius 3 is 2.92 bits per heavy atom. The van der Waals surface area contributed by atoms with E-state index in [-0.39, 0.29) is 0 Å². The molecule has 72 valence electrons. The van der Waals surface area contributed by atoms with Gasteiger partial charge in [0.05, 0.1) is 6.04 Å². The Balaban J connectivity index is 1.97. The van der Waals surface area contributed by atoms with Crippen molar-refractivity contribution in [3.8, 4) is 0 Å². The Hall–Kier alpha value is -0.790. The van der Waals surface area contributed by atoms with Gasteiger partial charge < -0.3 is 0 Å². The van der Waals surface area contributed by atoms with Gasteiger partial charge in [0, 0.05) is 12.8 Å². The summed E-state index contributed by atoms with van der Waals surface area (Å²) in [6, 6.07) is 0.586. The first-order valence-corrected chi connectivity index (χ1v) is 5.44. The molecule has 13 heavy (non-hydrogen) atoms. The highest BCUT2D eigenvalue weighted by Gasteiger charge is 2.15. The van der Waals surface area contributed by atoms with Crippen molar-refractivity contribution < 1.29 is 0 Å². The summed E-state index contributed by atoms with van der Waals surface area (Å²) in [6.45, 7) is 1.14. The molecule has 2 aliphatic heterocycles. The van der Waals surface area contributed by atoms with Crippen LogP contribution in [0.15, 0.2) is 17.3 Å². The first-order chi connectivity index (χ1) is 6.47. The van der Waals surface area contributed by atoms with E-state index in [0.717, 1.165) is 6.54 Å². The predicted molar refractivity (Wildman–Crippen MR) is 55.8 cm³/mol. The zero-order valence-corrected chi connectivity index (χ0v) is 8.15. The van der Waals surface area contributed by atoms with Gasteiger partial charge in [0.1, 0.15) is 0 Å². The second-order valence-electron chi connectivity index (χ2n) is 3.94. The van der Waals surface area contributed by atoms with Crippen molar-refractivity contribution in [2.24, 2.45) is 5.10 Å². The van der Waals surface area contributed by atoms with Crippen LogP contribution in [-0.2, 0) is 0 Å². The molecule has 2 heteroatoms. The van der Waals surface area contributed by atoms with E-state index in [1.54, 1.807) is 0 Å². The highest BCUT2D eigenvalue weighted by Crippen LogP contribution is 2.18. The van der Waals surface area contributed by atoms with Crippen LogP contribution in [0.2, 0.25) is 0 Å². The fraction of sp³-hybridized carbons (Fsp3) is 0.727. The summed E-state index contributed by atoms with van der Waals surface area (Å²) in [6.07, 6.45) is 14.4. The van der Waals surface area contributed by atoms with Crippen LogP contribution in [-0.4, -0.2) is 23.8 Å². The summed E-state index contributed by atoms with van der Waals surface area (Å²) >= 11 is 0. The first kappa shape index (κ1) is 8.79. The van der Waals surface area contributed by atoms with Gasteiger partial charge in [0.2, 0.25) is 0 Å². The Morgan fingerprint density at radius 2 is 1.92 bits per heavy atom. The maximum Gasteiger partial charge on any atom is 0.0654 e. The van der Waals surface area contributed by atoms with E-state index in [2.05, 4.69) is 22.3 Å². The predicted octanol–water partition coefficient (Wildman–Crippen LogP) is 2.57. The van der Waals surface area contributed by atoms with Crippen molar-refractivity contribution in [3.63, 3.8) is 0 Å². The smallest absolute Gasteiger partial charge is 0.0654 e. The van der Waals surface area contributed by atoms with Crippen LogP contribution in [0.5, 0.6) is 0 Å². The summed E-state index contributed by atoms with van der Waals surface area (Å²) < 4.78 is 0. The molecule has 2 heterocycles. The summed E-state index contributed by atoms with van der Waals surface area (Å²) in [5.41, 5.74) is 0.